The molecule has 0 amide bonds. The second kappa shape index (κ2) is 4.41. The maximum absolute atomic E-state index is 10.8. The van der Waals surface area contributed by atoms with Crippen LogP contribution in [0.4, 0.5) is 0 Å². The van der Waals surface area contributed by atoms with E-state index in [2.05, 4.69) is 9.97 Å². The minimum absolute atomic E-state index is 0.100. The molecule has 0 saturated carbocycles. The number of aromatic nitrogens is 2. The Bertz CT molecular complexity index is 434. The molecule has 0 bridgehead atoms. The van der Waals surface area contributed by atoms with E-state index in [0.29, 0.717) is 0 Å². The number of carbonyl (C=O) groups is 1. The van der Waals surface area contributed by atoms with Crippen LogP contribution in [0.25, 0.3) is 0 Å². The van der Waals surface area contributed by atoms with Gasteiger partial charge in [-0.1, -0.05) is 11.8 Å². The highest BCUT2D eigenvalue weighted by atomic mass is 32.2. The Morgan fingerprint density at radius 2 is 2.31 bits per heavy atom. The number of nitrogens with zero attached hydrogens (tertiary/aromatic N) is 2. The van der Waals surface area contributed by atoms with E-state index in [0.717, 1.165) is 34.9 Å². The van der Waals surface area contributed by atoms with E-state index >= 15 is 0 Å². The molecule has 0 fully saturated rings. The highest BCUT2D eigenvalue weighted by Gasteiger charge is 2.28. The van der Waals surface area contributed by atoms with Crippen LogP contribution in [0.2, 0.25) is 0 Å². The molecule has 1 N–H and O–H groups in total. The first-order valence-electron chi connectivity index (χ1n) is 5.25. The standard InChI is InChI=1S/C11H14N2O2S/c1-6-10-7(5-9(14)15)3-4-8(10)13-11(12-6)16-2/h7H,3-5H2,1-2H3,(H,14,15). The second-order valence-electron chi connectivity index (χ2n) is 3.99. The van der Waals surface area contributed by atoms with Gasteiger partial charge in [0.2, 0.25) is 0 Å². The van der Waals surface area contributed by atoms with Crippen LogP contribution >= 0.6 is 11.8 Å². The topological polar surface area (TPSA) is 63.1 Å². The van der Waals surface area contributed by atoms with Gasteiger partial charge in [-0.2, -0.15) is 0 Å². The highest BCUT2D eigenvalue weighted by Crippen LogP contribution is 2.36. The largest absolute Gasteiger partial charge is 0.481 e. The third-order valence-corrected chi connectivity index (χ3v) is 3.48. The van der Waals surface area contributed by atoms with Crippen molar-refractivity contribution < 1.29 is 9.90 Å². The van der Waals surface area contributed by atoms with Crippen molar-refractivity contribution in [1.29, 1.82) is 0 Å². The summed E-state index contributed by atoms with van der Waals surface area (Å²) in [6.07, 6.45) is 3.90. The van der Waals surface area contributed by atoms with Crippen molar-refractivity contribution in [2.75, 3.05) is 6.26 Å². The molecule has 4 nitrogen and oxygen atoms in total. The number of rotatable bonds is 3. The summed E-state index contributed by atoms with van der Waals surface area (Å²) in [4.78, 5) is 19.6. The van der Waals surface area contributed by atoms with E-state index in [4.69, 9.17) is 5.11 Å². The highest BCUT2D eigenvalue weighted by molar-refractivity contribution is 7.98. The summed E-state index contributed by atoms with van der Waals surface area (Å²) in [5.41, 5.74) is 3.06. The lowest BCUT2D eigenvalue weighted by atomic mass is 9.98. The summed E-state index contributed by atoms with van der Waals surface area (Å²) >= 11 is 1.53. The van der Waals surface area contributed by atoms with Gasteiger partial charge in [-0.3, -0.25) is 4.79 Å². The quantitative estimate of drug-likeness (QED) is 0.644. The lowest BCUT2D eigenvalue weighted by Crippen LogP contribution is -2.06. The van der Waals surface area contributed by atoms with Crippen molar-refractivity contribution in [3.8, 4) is 0 Å². The molecule has 16 heavy (non-hydrogen) atoms. The fourth-order valence-electron chi connectivity index (χ4n) is 2.30. The Balaban J connectivity index is 2.36. The van der Waals surface area contributed by atoms with Crippen molar-refractivity contribution in [3.63, 3.8) is 0 Å². The van der Waals surface area contributed by atoms with Crippen molar-refractivity contribution >= 4 is 17.7 Å². The Labute approximate surface area is 98.5 Å². The average molecular weight is 238 g/mol. The molecule has 1 aliphatic rings. The van der Waals surface area contributed by atoms with Crippen molar-refractivity contribution in [2.24, 2.45) is 0 Å². The second-order valence-corrected chi connectivity index (χ2v) is 4.76. The molecular weight excluding hydrogens is 224 g/mol. The van der Waals surface area contributed by atoms with E-state index in [1.54, 1.807) is 0 Å². The molecule has 0 aliphatic heterocycles. The molecule has 1 heterocycles. The minimum Gasteiger partial charge on any atom is -0.481 e. The summed E-state index contributed by atoms with van der Waals surface area (Å²) in [5.74, 6) is -0.644. The molecule has 5 heteroatoms. The number of aryl methyl sites for hydroxylation is 2. The number of fused-ring (bicyclic) bond motifs is 1. The normalized spacial score (nSPS) is 18.5. The van der Waals surface area contributed by atoms with Gasteiger partial charge in [0, 0.05) is 11.4 Å². The third kappa shape index (κ3) is 2.04. The van der Waals surface area contributed by atoms with Crippen LogP contribution in [-0.4, -0.2) is 27.3 Å². The first kappa shape index (κ1) is 11.4. The number of hydrogen-bond donors (Lipinski definition) is 1. The Kier molecular flexibility index (Phi) is 3.14. The van der Waals surface area contributed by atoms with Gasteiger partial charge in [-0.25, -0.2) is 9.97 Å². The number of carboxylic acids is 1. The predicted molar refractivity (Wildman–Crippen MR) is 61.9 cm³/mol. The van der Waals surface area contributed by atoms with Crippen LogP contribution in [0.15, 0.2) is 5.16 Å². The van der Waals surface area contributed by atoms with Crippen molar-refractivity contribution in [3.05, 3.63) is 17.0 Å². The van der Waals surface area contributed by atoms with E-state index in [9.17, 15) is 4.79 Å². The minimum atomic E-state index is -0.744. The smallest absolute Gasteiger partial charge is 0.303 e. The zero-order chi connectivity index (χ0) is 11.7. The van der Waals surface area contributed by atoms with Gasteiger partial charge >= 0.3 is 5.97 Å². The van der Waals surface area contributed by atoms with Gasteiger partial charge in [0.05, 0.1) is 6.42 Å². The van der Waals surface area contributed by atoms with E-state index < -0.39 is 5.97 Å². The molecule has 0 aromatic carbocycles. The summed E-state index contributed by atoms with van der Waals surface area (Å²) in [6.45, 7) is 1.94. The fourth-order valence-corrected chi connectivity index (χ4v) is 2.73. The first-order chi connectivity index (χ1) is 7.61. The molecule has 1 atom stereocenters. The Hall–Kier alpha value is -1.10. The van der Waals surface area contributed by atoms with E-state index in [1.807, 2.05) is 13.2 Å². The van der Waals surface area contributed by atoms with Crippen molar-refractivity contribution in [2.45, 2.75) is 37.3 Å². The summed E-state index contributed by atoms with van der Waals surface area (Å²) in [6, 6.07) is 0. The molecule has 86 valence electrons. The first-order valence-corrected chi connectivity index (χ1v) is 6.47. The summed E-state index contributed by atoms with van der Waals surface area (Å²) < 4.78 is 0. The van der Waals surface area contributed by atoms with Gasteiger partial charge in [-0.05, 0) is 37.5 Å². The molecule has 1 aromatic heterocycles. The molecule has 0 radical (unpaired) electrons. The SMILES string of the molecule is CSc1nc(C)c2c(n1)CCC2CC(=O)O. The van der Waals surface area contributed by atoms with Gasteiger partial charge in [-0.15, -0.1) is 0 Å². The predicted octanol–water partition coefficient (Wildman–Crippen LogP) is 2.01. The fraction of sp³-hybridized carbons (Fsp3) is 0.545. The molecule has 0 saturated heterocycles. The number of hydrogen-bond acceptors (Lipinski definition) is 4. The van der Waals surface area contributed by atoms with Gasteiger partial charge in [0.1, 0.15) is 0 Å². The number of carboxylic acid groups (broad SMARTS) is 1. The van der Waals surface area contributed by atoms with Gasteiger partial charge < -0.3 is 5.11 Å². The molecule has 1 unspecified atom stereocenters. The van der Waals surface area contributed by atoms with Crippen LogP contribution in [0, 0.1) is 6.92 Å². The summed E-state index contributed by atoms with van der Waals surface area (Å²) in [7, 11) is 0. The van der Waals surface area contributed by atoms with Crippen molar-refractivity contribution in [1.82, 2.24) is 9.97 Å². The lowest BCUT2D eigenvalue weighted by Gasteiger charge is -2.11. The van der Waals surface area contributed by atoms with Crippen LogP contribution < -0.4 is 0 Å². The van der Waals surface area contributed by atoms with E-state index in [1.165, 1.54) is 11.8 Å². The number of thioether (sulfide) groups is 1. The maximum atomic E-state index is 10.8. The average Bonchev–Trinajstić information content (AvgIpc) is 2.60. The summed E-state index contributed by atoms with van der Waals surface area (Å²) in [5, 5.41) is 9.63. The molecule has 1 aromatic rings. The van der Waals surface area contributed by atoms with Gasteiger partial charge in [0.15, 0.2) is 5.16 Å². The maximum Gasteiger partial charge on any atom is 0.303 e. The zero-order valence-electron chi connectivity index (χ0n) is 9.36. The van der Waals surface area contributed by atoms with Crippen LogP contribution in [0.3, 0.4) is 0 Å². The molecule has 2 rings (SSSR count). The molecule has 1 aliphatic carbocycles. The molecular formula is C11H14N2O2S. The van der Waals surface area contributed by atoms with E-state index in [-0.39, 0.29) is 12.3 Å². The van der Waals surface area contributed by atoms with Crippen LogP contribution in [-0.2, 0) is 11.2 Å². The monoisotopic (exact) mass is 238 g/mol. The Morgan fingerprint density at radius 1 is 1.56 bits per heavy atom. The van der Waals surface area contributed by atoms with Crippen LogP contribution in [0.5, 0.6) is 0 Å². The molecule has 0 spiro atoms. The third-order valence-electron chi connectivity index (χ3n) is 2.94. The van der Waals surface area contributed by atoms with Gasteiger partial charge in [0.25, 0.3) is 0 Å². The Morgan fingerprint density at radius 3 is 2.94 bits per heavy atom. The number of aliphatic carboxylic acids is 1. The van der Waals surface area contributed by atoms with Crippen LogP contribution in [0.1, 0.15) is 35.7 Å². The zero-order valence-corrected chi connectivity index (χ0v) is 10.2. The lowest BCUT2D eigenvalue weighted by molar-refractivity contribution is -0.137.